The van der Waals surface area contributed by atoms with Crippen LogP contribution in [0.25, 0.3) is 5.69 Å². The molecule has 0 unspecified atom stereocenters. The molecule has 0 aliphatic heterocycles. The van der Waals surface area contributed by atoms with Crippen molar-refractivity contribution < 1.29 is 5.11 Å². The monoisotopic (exact) mass is 305 g/mol. The van der Waals surface area contributed by atoms with Crippen molar-refractivity contribution in [3.8, 4) is 11.4 Å². The molecule has 1 saturated carbocycles. The summed E-state index contributed by atoms with van der Waals surface area (Å²) in [6.45, 7) is 2.31. The number of aromatic hydroxyl groups is 1. The standard InChI is InChI=1S/C15H16ClN3O2/c1-9-6-10(16)2-5-13(9)19-15(21)7-14(20)12(18-19)8-17-11-3-4-11/h2,5-7,11,17,20H,3-4,8H2,1H3. The number of rotatable bonds is 4. The van der Waals surface area contributed by atoms with E-state index in [4.69, 9.17) is 11.6 Å². The summed E-state index contributed by atoms with van der Waals surface area (Å²) in [5.74, 6) is -0.0731. The van der Waals surface area contributed by atoms with E-state index in [9.17, 15) is 9.90 Å². The lowest BCUT2D eigenvalue weighted by atomic mass is 10.2. The van der Waals surface area contributed by atoms with E-state index >= 15 is 0 Å². The van der Waals surface area contributed by atoms with Crippen molar-refractivity contribution in [3.05, 3.63) is 50.9 Å². The molecule has 3 rings (SSSR count). The summed E-state index contributed by atoms with van der Waals surface area (Å²) in [6, 6.07) is 6.95. The molecule has 0 bridgehead atoms. The van der Waals surface area contributed by atoms with Gasteiger partial charge in [-0.1, -0.05) is 11.6 Å². The van der Waals surface area contributed by atoms with Crippen LogP contribution in [-0.2, 0) is 6.54 Å². The zero-order valence-electron chi connectivity index (χ0n) is 11.6. The van der Waals surface area contributed by atoms with Crippen LogP contribution in [0.2, 0.25) is 5.02 Å². The fourth-order valence-corrected chi connectivity index (χ4v) is 2.39. The van der Waals surface area contributed by atoms with Crippen LogP contribution in [-0.4, -0.2) is 20.9 Å². The van der Waals surface area contributed by atoms with Gasteiger partial charge in [-0.2, -0.15) is 9.78 Å². The second kappa shape index (κ2) is 5.50. The van der Waals surface area contributed by atoms with E-state index < -0.39 is 0 Å². The minimum absolute atomic E-state index is 0.0731. The van der Waals surface area contributed by atoms with Crippen LogP contribution in [0.5, 0.6) is 5.75 Å². The van der Waals surface area contributed by atoms with Crippen LogP contribution in [0, 0.1) is 6.92 Å². The van der Waals surface area contributed by atoms with E-state index in [1.165, 1.54) is 10.7 Å². The summed E-state index contributed by atoms with van der Waals surface area (Å²) in [7, 11) is 0. The fourth-order valence-electron chi connectivity index (χ4n) is 2.17. The Hall–Kier alpha value is -1.85. The zero-order chi connectivity index (χ0) is 15.0. The molecule has 1 aliphatic rings. The Bertz CT molecular complexity index is 738. The van der Waals surface area contributed by atoms with Crippen molar-refractivity contribution in [2.24, 2.45) is 0 Å². The summed E-state index contributed by atoms with van der Waals surface area (Å²) in [6.07, 6.45) is 2.30. The van der Waals surface area contributed by atoms with Gasteiger partial charge in [-0.25, -0.2) is 0 Å². The first-order valence-electron chi connectivity index (χ1n) is 6.87. The molecule has 21 heavy (non-hydrogen) atoms. The Morgan fingerprint density at radius 1 is 1.43 bits per heavy atom. The normalized spacial score (nSPS) is 14.4. The lowest BCUT2D eigenvalue weighted by molar-refractivity contribution is 0.451. The topological polar surface area (TPSA) is 67.2 Å². The van der Waals surface area contributed by atoms with Crippen molar-refractivity contribution in [3.63, 3.8) is 0 Å². The minimum atomic E-state index is -0.368. The van der Waals surface area contributed by atoms with Gasteiger partial charge in [-0.15, -0.1) is 0 Å². The first-order valence-corrected chi connectivity index (χ1v) is 7.24. The van der Waals surface area contributed by atoms with Crippen LogP contribution in [0.15, 0.2) is 29.1 Å². The molecular weight excluding hydrogens is 290 g/mol. The smallest absolute Gasteiger partial charge is 0.275 e. The van der Waals surface area contributed by atoms with Gasteiger partial charge in [0.05, 0.1) is 5.69 Å². The Balaban J connectivity index is 2.00. The van der Waals surface area contributed by atoms with Gasteiger partial charge in [-0.05, 0) is 43.5 Å². The van der Waals surface area contributed by atoms with Crippen molar-refractivity contribution in [2.75, 3.05) is 0 Å². The maximum Gasteiger partial charge on any atom is 0.275 e. The molecule has 1 fully saturated rings. The first-order chi connectivity index (χ1) is 10.0. The molecule has 2 N–H and O–H groups in total. The summed E-state index contributed by atoms with van der Waals surface area (Å²) < 4.78 is 1.30. The third-order valence-corrected chi connectivity index (χ3v) is 3.74. The predicted octanol–water partition coefficient (Wildman–Crippen LogP) is 2.15. The highest BCUT2D eigenvalue weighted by Gasteiger charge is 2.21. The zero-order valence-corrected chi connectivity index (χ0v) is 12.4. The van der Waals surface area contributed by atoms with Gasteiger partial charge >= 0.3 is 0 Å². The van der Waals surface area contributed by atoms with Crippen LogP contribution < -0.4 is 10.9 Å². The molecule has 110 valence electrons. The van der Waals surface area contributed by atoms with Gasteiger partial charge < -0.3 is 10.4 Å². The highest BCUT2D eigenvalue weighted by atomic mass is 35.5. The van der Waals surface area contributed by atoms with Crippen LogP contribution in [0.4, 0.5) is 0 Å². The largest absolute Gasteiger partial charge is 0.506 e. The number of benzene rings is 1. The lowest BCUT2D eigenvalue weighted by Gasteiger charge is -2.11. The quantitative estimate of drug-likeness (QED) is 0.908. The second-order valence-corrected chi connectivity index (χ2v) is 5.75. The maximum absolute atomic E-state index is 12.1. The molecule has 0 radical (unpaired) electrons. The highest BCUT2D eigenvalue weighted by molar-refractivity contribution is 6.30. The van der Waals surface area contributed by atoms with Gasteiger partial charge in [0.15, 0.2) is 0 Å². The maximum atomic E-state index is 12.1. The molecule has 1 heterocycles. The number of hydrogen-bond donors (Lipinski definition) is 2. The van der Waals surface area contributed by atoms with E-state index in [0.29, 0.717) is 29.0 Å². The minimum Gasteiger partial charge on any atom is -0.506 e. The van der Waals surface area contributed by atoms with Crippen molar-refractivity contribution in [1.29, 1.82) is 0 Å². The molecule has 2 aromatic rings. The lowest BCUT2D eigenvalue weighted by Crippen LogP contribution is -2.25. The average molecular weight is 306 g/mol. The van der Waals surface area contributed by atoms with Gasteiger partial charge in [0, 0.05) is 23.7 Å². The number of hydrogen-bond acceptors (Lipinski definition) is 4. The van der Waals surface area contributed by atoms with E-state index in [1.54, 1.807) is 18.2 Å². The second-order valence-electron chi connectivity index (χ2n) is 5.31. The van der Waals surface area contributed by atoms with Crippen LogP contribution >= 0.6 is 11.6 Å². The Labute approximate surface area is 127 Å². The summed E-state index contributed by atoms with van der Waals surface area (Å²) in [5, 5.41) is 18.0. The molecule has 5 nitrogen and oxygen atoms in total. The van der Waals surface area contributed by atoms with Crippen molar-refractivity contribution in [1.82, 2.24) is 15.1 Å². The number of halogens is 1. The highest BCUT2D eigenvalue weighted by Crippen LogP contribution is 2.21. The molecule has 0 atom stereocenters. The van der Waals surface area contributed by atoms with Gasteiger partial charge in [-0.3, -0.25) is 4.79 Å². The molecule has 6 heteroatoms. The molecule has 0 saturated heterocycles. The average Bonchev–Trinajstić information content (AvgIpc) is 3.23. The summed E-state index contributed by atoms with van der Waals surface area (Å²) in [4.78, 5) is 12.1. The molecule has 1 aromatic carbocycles. The van der Waals surface area contributed by atoms with Crippen molar-refractivity contribution in [2.45, 2.75) is 32.4 Å². The van der Waals surface area contributed by atoms with E-state index in [1.807, 2.05) is 6.92 Å². The Morgan fingerprint density at radius 2 is 2.19 bits per heavy atom. The first kappa shape index (κ1) is 14.1. The number of nitrogens with one attached hydrogen (secondary N) is 1. The Kier molecular flexibility index (Phi) is 3.69. The van der Waals surface area contributed by atoms with Crippen LogP contribution in [0.3, 0.4) is 0 Å². The van der Waals surface area contributed by atoms with Crippen molar-refractivity contribution >= 4 is 11.6 Å². The van der Waals surface area contributed by atoms with E-state index in [2.05, 4.69) is 10.4 Å². The van der Waals surface area contributed by atoms with Gasteiger partial charge in [0.1, 0.15) is 11.4 Å². The summed E-state index contributed by atoms with van der Waals surface area (Å²) in [5.41, 5.74) is 1.62. The Morgan fingerprint density at radius 3 is 2.86 bits per heavy atom. The third kappa shape index (κ3) is 3.09. The summed E-state index contributed by atoms with van der Waals surface area (Å²) >= 11 is 5.93. The van der Waals surface area contributed by atoms with Gasteiger partial charge in [0.2, 0.25) is 0 Å². The van der Waals surface area contributed by atoms with Gasteiger partial charge in [0.25, 0.3) is 5.56 Å². The number of aryl methyl sites for hydroxylation is 1. The SMILES string of the molecule is Cc1cc(Cl)ccc1-n1nc(CNC2CC2)c(O)cc1=O. The number of aromatic nitrogens is 2. The number of nitrogens with zero attached hydrogens (tertiary/aromatic N) is 2. The molecular formula is C15H16ClN3O2. The van der Waals surface area contributed by atoms with E-state index in [-0.39, 0.29) is 11.3 Å². The molecule has 0 amide bonds. The van der Waals surface area contributed by atoms with E-state index in [0.717, 1.165) is 18.4 Å². The molecule has 1 aromatic heterocycles. The third-order valence-electron chi connectivity index (χ3n) is 3.51. The molecule has 1 aliphatic carbocycles. The predicted molar refractivity (Wildman–Crippen MR) is 81.1 cm³/mol. The van der Waals surface area contributed by atoms with Crippen LogP contribution in [0.1, 0.15) is 24.1 Å². The molecule has 0 spiro atoms. The fraction of sp³-hybridized carbons (Fsp3) is 0.333.